The van der Waals surface area contributed by atoms with Gasteiger partial charge in [0.25, 0.3) is 0 Å². The number of piperidine rings is 1. The van der Waals surface area contributed by atoms with Gasteiger partial charge < -0.3 is 10.2 Å². The largest absolute Gasteiger partial charge is 0.427 e. The van der Waals surface area contributed by atoms with Crippen LogP contribution >= 0.6 is 11.3 Å². The minimum atomic E-state index is -4.29. The molecule has 0 bridgehead atoms. The van der Waals surface area contributed by atoms with Crippen LogP contribution in [0.5, 0.6) is 0 Å². The molecule has 19 heavy (non-hydrogen) atoms. The molecule has 7 heteroatoms. The van der Waals surface area contributed by atoms with Crippen molar-refractivity contribution in [2.75, 3.05) is 18.4 Å². The molecular weight excluding hydrogens is 275 g/mol. The molecular formula is C12H18F3N3S. The molecule has 0 aromatic carbocycles. The number of hydrogen-bond acceptors (Lipinski definition) is 4. The van der Waals surface area contributed by atoms with Gasteiger partial charge in [-0.05, 0) is 26.7 Å². The van der Waals surface area contributed by atoms with E-state index in [1.165, 1.54) is 0 Å². The smallest absolute Gasteiger partial charge is 0.359 e. The number of nitrogens with one attached hydrogen (secondary N) is 1. The number of nitrogens with zero attached hydrogens (tertiary/aromatic N) is 2. The molecule has 0 saturated carbocycles. The van der Waals surface area contributed by atoms with Crippen LogP contribution in [0.4, 0.5) is 18.3 Å². The SMILES string of the molecule is CC(C)N1CCC(Nc2ncc(C(F)(F)F)s2)CC1. The molecule has 3 nitrogen and oxygen atoms in total. The summed E-state index contributed by atoms with van der Waals surface area (Å²) >= 11 is 0.680. The first-order valence-electron chi connectivity index (χ1n) is 6.40. The van der Waals surface area contributed by atoms with Crippen molar-refractivity contribution in [3.05, 3.63) is 11.1 Å². The van der Waals surface area contributed by atoms with Crippen molar-refractivity contribution in [2.24, 2.45) is 0 Å². The summed E-state index contributed by atoms with van der Waals surface area (Å²) < 4.78 is 37.4. The molecule has 1 fully saturated rings. The zero-order valence-electron chi connectivity index (χ0n) is 11.0. The van der Waals surface area contributed by atoms with E-state index in [-0.39, 0.29) is 6.04 Å². The highest BCUT2D eigenvalue weighted by Crippen LogP contribution is 2.35. The molecule has 108 valence electrons. The summed E-state index contributed by atoms with van der Waals surface area (Å²) in [5.41, 5.74) is 0. The summed E-state index contributed by atoms with van der Waals surface area (Å²) in [7, 11) is 0. The first-order valence-corrected chi connectivity index (χ1v) is 7.21. The molecule has 1 aromatic heterocycles. The summed E-state index contributed by atoms with van der Waals surface area (Å²) in [5.74, 6) is 0. The van der Waals surface area contributed by atoms with Gasteiger partial charge in [-0.25, -0.2) is 4.98 Å². The van der Waals surface area contributed by atoms with Crippen LogP contribution < -0.4 is 5.32 Å². The third kappa shape index (κ3) is 3.82. The molecule has 0 aliphatic carbocycles. The standard InChI is InChI=1S/C12H18F3N3S/c1-8(2)18-5-3-9(4-6-18)17-11-16-7-10(19-11)12(13,14)15/h7-9H,3-6H2,1-2H3,(H,16,17). The fourth-order valence-electron chi connectivity index (χ4n) is 2.21. The van der Waals surface area contributed by atoms with Gasteiger partial charge in [0.15, 0.2) is 5.13 Å². The quantitative estimate of drug-likeness (QED) is 0.925. The zero-order chi connectivity index (χ0) is 14.0. The summed E-state index contributed by atoms with van der Waals surface area (Å²) in [6.45, 7) is 6.27. The van der Waals surface area contributed by atoms with Crippen LogP contribution in [0.25, 0.3) is 0 Å². The Kier molecular flexibility index (Phi) is 4.35. The highest BCUT2D eigenvalue weighted by molar-refractivity contribution is 7.15. The Labute approximate surface area is 114 Å². The zero-order valence-corrected chi connectivity index (χ0v) is 11.8. The minimum Gasteiger partial charge on any atom is -0.359 e. The average molecular weight is 293 g/mol. The van der Waals surface area contributed by atoms with Gasteiger partial charge in [0, 0.05) is 25.2 Å². The molecule has 1 aliphatic rings. The van der Waals surface area contributed by atoms with Gasteiger partial charge in [0.2, 0.25) is 0 Å². The van der Waals surface area contributed by atoms with Gasteiger partial charge in [-0.1, -0.05) is 11.3 Å². The number of aromatic nitrogens is 1. The molecule has 2 rings (SSSR count). The Morgan fingerprint density at radius 3 is 2.47 bits per heavy atom. The van der Waals surface area contributed by atoms with Crippen molar-refractivity contribution in [2.45, 2.75) is 44.9 Å². The molecule has 1 saturated heterocycles. The molecule has 2 heterocycles. The Balaban J connectivity index is 1.87. The number of rotatable bonds is 3. The first-order chi connectivity index (χ1) is 8.86. The van der Waals surface area contributed by atoms with Crippen molar-refractivity contribution in [3.63, 3.8) is 0 Å². The second-order valence-electron chi connectivity index (χ2n) is 5.08. The molecule has 1 aliphatic heterocycles. The second-order valence-corrected chi connectivity index (χ2v) is 6.11. The van der Waals surface area contributed by atoms with Crippen LogP contribution in [-0.4, -0.2) is 35.1 Å². The Morgan fingerprint density at radius 2 is 2.00 bits per heavy atom. The lowest BCUT2D eigenvalue weighted by atomic mass is 10.0. The summed E-state index contributed by atoms with van der Waals surface area (Å²) in [5, 5.41) is 3.48. The van der Waals surface area contributed by atoms with Gasteiger partial charge in [-0.3, -0.25) is 0 Å². The number of hydrogen-bond donors (Lipinski definition) is 1. The number of alkyl halides is 3. The third-order valence-electron chi connectivity index (χ3n) is 3.37. The van der Waals surface area contributed by atoms with Crippen LogP contribution in [0.15, 0.2) is 6.20 Å². The summed E-state index contributed by atoms with van der Waals surface area (Å²) in [6.07, 6.45) is -1.51. The van der Waals surface area contributed by atoms with Crippen LogP contribution in [0.2, 0.25) is 0 Å². The topological polar surface area (TPSA) is 28.2 Å². The predicted octanol–water partition coefficient (Wildman–Crippen LogP) is 3.45. The van der Waals surface area contributed by atoms with Crippen LogP contribution in [-0.2, 0) is 6.18 Å². The van der Waals surface area contributed by atoms with Crippen molar-refractivity contribution < 1.29 is 13.2 Å². The number of thiazole rings is 1. The number of halogens is 3. The van der Waals surface area contributed by atoms with E-state index in [2.05, 4.69) is 29.0 Å². The molecule has 0 atom stereocenters. The van der Waals surface area contributed by atoms with Crippen LogP contribution in [0, 0.1) is 0 Å². The maximum Gasteiger partial charge on any atom is 0.427 e. The van der Waals surface area contributed by atoms with Gasteiger partial charge in [0.05, 0.1) is 6.20 Å². The number of anilines is 1. The van der Waals surface area contributed by atoms with E-state index in [9.17, 15) is 13.2 Å². The second kappa shape index (κ2) is 5.66. The highest BCUT2D eigenvalue weighted by atomic mass is 32.1. The van der Waals surface area contributed by atoms with E-state index in [1.807, 2.05) is 0 Å². The van der Waals surface area contributed by atoms with Crippen molar-refractivity contribution in [3.8, 4) is 0 Å². The Morgan fingerprint density at radius 1 is 1.37 bits per heavy atom. The van der Waals surface area contributed by atoms with Crippen molar-refractivity contribution in [1.29, 1.82) is 0 Å². The predicted molar refractivity (Wildman–Crippen MR) is 70.5 cm³/mol. The normalized spacial score (nSPS) is 19.1. The fourth-order valence-corrected chi connectivity index (χ4v) is 2.97. The molecule has 1 N–H and O–H groups in total. The van der Waals surface area contributed by atoms with Crippen molar-refractivity contribution in [1.82, 2.24) is 9.88 Å². The first kappa shape index (κ1) is 14.6. The van der Waals surface area contributed by atoms with E-state index in [4.69, 9.17) is 0 Å². The molecule has 0 amide bonds. The lowest BCUT2D eigenvalue weighted by Crippen LogP contribution is -2.42. The molecule has 1 aromatic rings. The fraction of sp³-hybridized carbons (Fsp3) is 0.750. The summed E-state index contributed by atoms with van der Waals surface area (Å²) in [4.78, 5) is 5.54. The maximum atomic E-state index is 12.5. The van der Waals surface area contributed by atoms with E-state index < -0.39 is 11.1 Å². The van der Waals surface area contributed by atoms with Gasteiger partial charge in [-0.2, -0.15) is 13.2 Å². The summed E-state index contributed by atoms with van der Waals surface area (Å²) in [6, 6.07) is 0.750. The van der Waals surface area contributed by atoms with Gasteiger partial charge in [-0.15, -0.1) is 0 Å². The average Bonchev–Trinajstić information content (AvgIpc) is 2.78. The lowest BCUT2D eigenvalue weighted by molar-refractivity contribution is -0.134. The van der Waals surface area contributed by atoms with Gasteiger partial charge >= 0.3 is 6.18 Å². The number of likely N-dealkylation sites (tertiary alicyclic amines) is 1. The lowest BCUT2D eigenvalue weighted by Gasteiger charge is -2.34. The van der Waals surface area contributed by atoms with Crippen molar-refractivity contribution >= 4 is 16.5 Å². The third-order valence-corrected chi connectivity index (χ3v) is 4.35. The van der Waals surface area contributed by atoms with E-state index in [0.717, 1.165) is 32.1 Å². The Bertz CT molecular complexity index is 409. The highest BCUT2D eigenvalue weighted by Gasteiger charge is 2.33. The van der Waals surface area contributed by atoms with E-state index in [1.54, 1.807) is 0 Å². The van der Waals surface area contributed by atoms with Crippen LogP contribution in [0.3, 0.4) is 0 Å². The monoisotopic (exact) mass is 293 g/mol. The van der Waals surface area contributed by atoms with Gasteiger partial charge in [0.1, 0.15) is 4.88 Å². The van der Waals surface area contributed by atoms with E-state index >= 15 is 0 Å². The molecule has 0 radical (unpaired) electrons. The molecule has 0 spiro atoms. The van der Waals surface area contributed by atoms with Crippen LogP contribution in [0.1, 0.15) is 31.6 Å². The molecule has 0 unspecified atom stereocenters. The van der Waals surface area contributed by atoms with E-state index in [0.29, 0.717) is 22.5 Å². The maximum absolute atomic E-state index is 12.5. The Hall–Kier alpha value is -0.820. The minimum absolute atomic E-state index is 0.224.